The molecule has 0 spiro atoms. The molecule has 0 N–H and O–H groups in total. The number of hydrogen-bond acceptors (Lipinski definition) is 4. The minimum absolute atomic E-state index is 0.00826. The SMILES string of the molecule is C[C@H](c1cccc([N+](=O)[O-])c1)N(C)C(=O)c1cc(Cl)ccn1. The van der Waals surface area contributed by atoms with Crippen molar-refractivity contribution in [3.05, 3.63) is 69.0 Å². The lowest BCUT2D eigenvalue weighted by molar-refractivity contribution is -0.384. The lowest BCUT2D eigenvalue weighted by Gasteiger charge is -2.25. The van der Waals surface area contributed by atoms with Crippen molar-refractivity contribution in [2.75, 3.05) is 7.05 Å². The van der Waals surface area contributed by atoms with Crippen LogP contribution >= 0.6 is 11.6 Å². The van der Waals surface area contributed by atoms with E-state index in [0.29, 0.717) is 10.6 Å². The number of carbonyl (C=O) groups is 1. The van der Waals surface area contributed by atoms with Crippen molar-refractivity contribution in [3.8, 4) is 0 Å². The van der Waals surface area contributed by atoms with E-state index in [1.807, 2.05) is 0 Å². The van der Waals surface area contributed by atoms with Gasteiger partial charge in [0.15, 0.2) is 0 Å². The molecule has 0 saturated heterocycles. The zero-order valence-corrected chi connectivity index (χ0v) is 12.8. The number of nitro groups is 1. The summed E-state index contributed by atoms with van der Waals surface area (Å²) >= 11 is 5.86. The van der Waals surface area contributed by atoms with E-state index in [1.54, 1.807) is 32.2 Å². The molecule has 1 atom stereocenters. The van der Waals surface area contributed by atoms with Gasteiger partial charge >= 0.3 is 0 Å². The summed E-state index contributed by atoms with van der Waals surface area (Å²) < 4.78 is 0. The fourth-order valence-electron chi connectivity index (χ4n) is 2.00. The Hall–Kier alpha value is -2.47. The average molecular weight is 320 g/mol. The molecule has 0 bridgehead atoms. The van der Waals surface area contributed by atoms with Crippen LogP contribution in [0, 0.1) is 10.1 Å². The Bertz CT molecular complexity index is 721. The highest BCUT2D eigenvalue weighted by atomic mass is 35.5. The molecule has 0 radical (unpaired) electrons. The first-order valence-corrected chi connectivity index (χ1v) is 6.91. The summed E-state index contributed by atoms with van der Waals surface area (Å²) in [5.74, 6) is -0.304. The Labute approximate surface area is 132 Å². The number of amides is 1. The van der Waals surface area contributed by atoms with Gasteiger partial charge in [0, 0.05) is 30.4 Å². The predicted molar refractivity (Wildman–Crippen MR) is 82.9 cm³/mol. The van der Waals surface area contributed by atoms with E-state index in [-0.39, 0.29) is 23.3 Å². The van der Waals surface area contributed by atoms with Crippen LogP contribution in [0.15, 0.2) is 42.6 Å². The molecule has 0 saturated carbocycles. The minimum atomic E-state index is -0.462. The monoisotopic (exact) mass is 319 g/mol. The molecule has 7 heteroatoms. The molecule has 22 heavy (non-hydrogen) atoms. The Kier molecular flexibility index (Phi) is 4.72. The number of halogens is 1. The number of hydrogen-bond donors (Lipinski definition) is 0. The second-order valence-corrected chi connectivity index (χ2v) is 5.24. The second kappa shape index (κ2) is 6.53. The molecule has 0 aliphatic heterocycles. The van der Waals surface area contributed by atoms with Crippen LogP contribution in [0.5, 0.6) is 0 Å². The highest BCUT2D eigenvalue weighted by Crippen LogP contribution is 2.24. The van der Waals surface area contributed by atoms with Crippen molar-refractivity contribution in [2.45, 2.75) is 13.0 Å². The molecule has 1 heterocycles. The Balaban J connectivity index is 2.25. The number of carbonyl (C=O) groups excluding carboxylic acids is 1. The summed E-state index contributed by atoms with van der Waals surface area (Å²) in [7, 11) is 1.62. The van der Waals surface area contributed by atoms with Crippen LogP contribution < -0.4 is 0 Å². The normalized spacial score (nSPS) is 11.8. The fraction of sp³-hybridized carbons (Fsp3) is 0.200. The third kappa shape index (κ3) is 3.40. The highest BCUT2D eigenvalue weighted by molar-refractivity contribution is 6.30. The molecule has 6 nitrogen and oxygen atoms in total. The van der Waals surface area contributed by atoms with Crippen LogP contribution in [-0.2, 0) is 0 Å². The van der Waals surface area contributed by atoms with E-state index in [9.17, 15) is 14.9 Å². The molecular weight excluding hydrogens is 306 g/mol. The van der Waals surface area contributed by atoms with Gasteiger partial charge in [0.2, 0.25) is 0 Å². The largest absolute Gasteiger partial charge is 0.334 e. The molecular formula is C15H14ClN3O3. The topological polar surface area (TPSA) is 76.3 Å². The van der Waals surface area contributed by atoms with Gasteiger partial charge in [0.25, 0.3) is 11.6 Å². The van der Waals surface area contributed by atoms with Crippen molar-refractivity contribution in [1.29, 1.82) is 0 Å². The molecule has 0 fully saturated rings. The summed E-state index contributed by atoms with van der Waals surface area (Å²) in [6.45, 7) is 1.79. The summed E-state index contributed by atoms with van der Waals surface area (Å²) in [4.78, 5) is 28.2. The van der Waals surface area contributed by atoms with Gasteiger partial charge in [-0.05, 0) is 24.6 Å². The standard InChI is InChI=1S/C15H14ClN3O3/c1-10(11-4-3-5-13(8-11)19(21)22)18(2)15(20)14-9-12(16)6-7-17-14/h3-10H,1-2H3/t10-/m1/s1. The third-order valence-corrected chi connectivity index (χ3v) is 3.64. The molecule has 114 valence electrons. The highest BCUT2D eigenvalue weighted by Gasteiger charge is 2.21. The molecule has 2 rings (SSSR count). The molecule has 0 aliphatic carbocycles. The number of rotatable bonds is 4. The van der Waals surface area contributed by atoms with Gasteiger partial charge in [-0.3, -0.25) is 19.9 Å². The van der Waals surface area contributed by atoms with Crippen molar-refractivity contribution in [2.24, 2.45) is 0 Å². The first kappa shape index (κ1) is 15.9. The molecule has 1 aromatic heterocycles. The molecule has 1 amide bonds. The van der Waals surface area contributed by atoms with E-state index in [0.717, 1.165) is 0 Å². The maximum absolute atomic E-state index is 12.4. The predicted octanol–water partition coefficient (Wildman–Crippen LogP) is 3.48. The molecule has 0 aliphatic rings. The van der Waals surface area contributed by atoms with Crippen molar-refractivity contribution in [3.63, 3.8) is 0 Å². The van der Waals surface area contributed by atoms with Crippen LogP contribution in [0.25, 0.3) is 0 Å². The number of pyridine rings is 1. The van der Waals surface area contributed by atoms with Crippen molar-refractivity contribution >= 4 is 23.2 Å². The van der Waals surface area contributed by atoms with Crippen LogP contribution in [0.3, 0.4) is 0 Å². The summed E-state index contributed by atoms with van der Waals surface area (Å²) in [5, 5.41) is 11.3. The Morgan fingerprint density at radius 3 is 2.73 bits per heavy atom. The molecule has 1 aromatic carbocycles. The quantitative estimate of drug-likeness (QED) is 0.638. The zero-order valence-electron chi connectivity index (χ0n) is 12.1. The maximum atomic E-state index is 12.4. The minimum Gasteiger partial charge on any atom is -0.334 e. The zero-order chi connectivity index (χ0) is 16.3. The number of aromatic nitrogens is 1. The van der Waals surface area contributed by atoms with Crippen LogP contribution in [0.2, 0.25) is 5.02 Å². The number of non-ortho nitro benzene ring substituents is 1. The maximum Gasteiger partial charge on any atom is 0.272 e. The van der Waals surface area contributed by atoms with Gasteiger partial charge in [-0.2, -0.15) is 0 Å². The van der Waals surface area contributed by atoms with Crippen LogP contribution in [0.1, 0.15) is 29.0 Å². The number of nitrogens with zero attached hydrogens (tertiary/aromatic N) is 3. The lowest BCUT2D eigenvalue weighted by Crippen LogP contribution is -2.30. The molecule has 2 aromatic rings. The summed E-state index contributed by atoms with van der Waals surface area (Å²) in [6.07, 6.45) is 1.46. The van der Waals surface area contributed by atoms with Gasteiger partial charge in [0.1, 0.15) is 5.69 Å². The summed E-state index contributed by atoms with van der Waals surface area (Å²) in [5.41, 5.74) is 0.894. The van der Waals surface area contributed by atoms with Crippen LogP contribution in [0.4, 0.5) is 5.69 Å². The first-order valence-electron chi connectivity index (χ1n) is 6.53. The molecule has 0 unspecified atom stereocenters. The fourth-order valence-corrected chi connectivity index (χ4v) is 2.16. The van der Waals surface area contributed by atoms with E-state index in [2.05, 4.69) is 4.98 Å². The van der Waals surface area contributed by atoms with Gasteiger partial charge in [0.05, 0.1) is 11.0 Å². The first-order chi connectivity index (χ1) is 10.4. The van der Waals surface area contributed by atoms with Gasteiger partial charge in [-0.15, -0.1) is 0 Å². The summed E-state index contributed by atoms with van der Waals surface area (Å²) in [6, 6.07) is 8.94. The van der Waals surface area contributed by atoms with Crippen LogP contribution in [-0.4, -0.2) is 27.8 Å². The van der Waals surface area contributed by atoms with Gasteiger partial charge < -0.3 is 4.90 Å². The third-order valence-electron chi connectivity index (χ3n) is 3.41. The van der Waals surface area contributed by atoms with Crippen molar-refractivity contribution < 1.29 is 9.72 Å². The Morgan fingerprint density at radius 1 is 1.36 bits per heavy atom. The lowest BCUT2D eigenvalue weighted by atomic mass is 10.1. The van der Waals surface area contributed by atoms with Crippen molar-refractivity contribution in [1.82, 2.24) is 9.88 Å². The van der Waals surface area contributed by atoms with E-state index >= 15 is 0 Å². The van der Waals surface area contributed by atoms with E-state index < -0.39 is 4.92 Å². The van der Waals surface area contributed by atoms with Gasteiger partial charge in [-0.25, -0.2) is 0 Å². The number of benzene rings is 1. The Morgan fingerprint density at radius 2 is 2.09 bits per heavy atom. The van der Waals surface area contributed by atoms with E-state index in [4.69, 9.17) is 11.6 Å². The average Bonchev–Trinajstić information content (AvgIpc) is 2.52. The van der Waals surface area contributed by atoms with E-state index in [1.165, 1.54) is 29.3 Å². The van der Waals surface area contributed by atoms with Gasteiger partial charge in [-0.1, -0.05) is 23.7 Å². The smallest absolute Gasteiger partial charge is 0.272 e. The number of nitro benzene ring substituents is 1. The second-order valence-electron chi connectivity index (χ2n) is 4.80.